The molecule has 0 radical (unpaired) electrons. The summed E-state index contributed by atoms with van der Waals surface area (Å²) in [6, 6.07) is 3.97. The van der Waals surface area contributed by atoms with E-state index in [-0.39, 0.29) is 0 Å². The van der Waals surface area contributed by atoms with Gasteiger partial charge in [0.1, 0.15) is 11.6 Å². The Balaban J connectivity index is 2.13. The van der Waals surface area contributed by atoms with Crippen molar-refractivity contribution < 1.29 is 0 Å². The third-order valence-electron chi connectivity index (χ3n) is 3.78. The van der Waals surface area contributed by atoms with Crippen molar-refractivity contribution in [3.8, 4) is 0 Å². The maximum Gasteiger partial charge on any atom is 0.140 e. The van der Waals surface area contributed by atoms with Crippen LogP contribution in [0, 0.1) is 16.4 Å². The summed E-state index contributed by atoms with van der Waals surface area (Å²) in [5, 5.41) is 1.83. The van der Waals surface area contributed by atoms with Crippen molar-refractivity contribution in [2.75, 3.05) is 18.0 Å². The van der Waals surface area contributed by atoms with Crippen molar-refractivity contribution in [1.82, 2.24) is 9.97 Å². The summed E-state index contributed by atoms with van der Waals surface area (Å²) < 4.78 is 1.09. The molecule has 1 aliphatic rings. The van der Waals surface area contributed by atoms with Gasteiger partial charge in [0.25, 0.3) is 0 Å². The summed E-state index contributed by atoms with van der Waals surface area (Å²) in [6.07, 6.45) is 3.82. The number of halogens is 2. The molecule has 0 aliphatic heterocycles. The molecule has 1 aliphatic carbocycles. The fourth-order valence-electron chi connectivity index (χ4n) is 2.66. The zero-order chi connectivity index (χ0) is 15.0. The van der Waals surface area contributed by atoms with E-state index < -0.39 is 0 Å². The van der Waals surface area contributed by atoms with Crippen molar-refractivity contribution in [2.24, 2.45) is 5.92 Å². The third-order valence-corrected chi connectivity index (χ3v) is 4.82. The Bertz CT molecular complexity index is 670. The van der Waals surface area contributed by atoms with Crippen LogP contribution in [0.15, 0.2) is 12.1 Å². The van der Waals surface area contributed by atoms with Crippen LogP contribution >= 0.6 is 34.2 Å². The summed E-state index contributed by atoms with van der Waals surface area (Å²) in [6.45, 7) is 6.31. The highest BCUT2D eigenvalue weighted by Crippen LogP contribution is 2.34. The monoisotopic (exact) mass is 415 g/mol. The number of aryl methyl sites for hydroxylation is 1. The number of nitrogens with zero attached hydrogens (tertiary/aromatic N) is 3. The molecule has 3 rings (SSSR count). The average molecular weight is 416 g/mol. The van der Waals surface area contributed by atoms with Gasteiger partial charge in [-0.05, 0) is 66.8 Å². The van der Waals surface area contributed by atoms with Gasteiger partial charge < -0.3 is 4.90 Å². The first kappa shape index (κ1) is 15.3. The molecule has 0 spiro atoms. The van der Waals surface area contributed by atoms with Gasteiger partial charge in [-0.3, -0.25) is 0 Å². The molecule has 0 saturated heterocycles. The van der Waals surface area contributed by atoms with Crippen LogP contribution in [0.1, 0.15) is 32.0 Å². The Hall–Kier alpha value is -0.620. The molecule has 3 nitrogen and oxygen atoms in total. The molecule has 1 heterocycles. The van der Waals surface area contributed by atoms with Crippen molar-refractivity contribution in [3.05, 3.63) is 26.5 Å². The van der Waals surface area contributed by atoms with Gasteiger partial charge in [-0.15, -0.1) is 0 Å². The van der Waals surface area contributed by atoms with Crippen molar-refractivity contribution in [1.29, 1.82) is 0 Å². The molecule has 1 aromatic heterocycles. The first-order valence-corrected chi connectivity index (χ1v) is 8.92. The van der Waals surface area contributed by atoms with Gasteiger partial charge in [-0.1, -0.05) is 18.5 Å². The zero-order valence-electron chi connectivity index (χ0n) is 12.4. The summed E-state index contributed by atoms with van der Waals surface area (Å²) in [4.78, 5) is 11.8. The molecule has 2 aromatic rings. The first-order chi connectivity index (χ1) is 10.1. The van der Waals surface area contributed by atoms with Gasteiger partial charge in [0.15, 0.2) is 0 Å². The highest BCUT2D eigenvalue weighted by atomic mass is 127. The molecule has 0 atom stereocenters. The van der Waals surface area contributed by atoms with Crippen LogP contribution in [0.2, 0.25) is 5.02 Å². The maximum absolute atomic E-state index is 6.26. The molecule has 1 fully saturated rings. The fraction of sp³-hybridized carbons (Fsp3) is 0.500. The summed E-state index contributed by atoms with van der Waals surface area (Å²) in [5.41, 5.74) is 1.01. The van der Waals surface area contributed by atoms with Crippen molar-refractivity contribution in [2.45, 2.75) is 33.1 Å². The van der Waals surface area contributed by atoms with E-state index in [9.17, 15) is 0 Å². The lowest BCUT2D eigenvalue weighted by Crippen LogP contribution is -2.28. The Kier molecular flexibility index (Phi) is 4.54. The second-order valence-electron chi connectivity index (χ2n) is 5.77. The van der Waals surface area contributed by atoms with E-state index in [1.807, 2.05) is 19.1 Å². The molecular weight excluding hydrogens is 397 g/mol. The Morgan fingerprint density at radius 3 is 2.76 bits per heavy atom. The predicted molar refractivity (Wildman–Crippen MR) is 97.2 cm³/mol. The maximum atomic E-state index is 6.26. The van der Waals surface area contributed by atoms with Gasteiger partial charge >= 0.3 is 0 Å². The van der Waals surface area contributed by atoms with E-state index in [1.54, 1.807) is 0 Å². The van der Waals surface area contributed by atoms with Gasteiger partial charge in [0, 0.05) is 27.1 Å². The molecule has 1 aromatic carbocycles. The standard InChI is InChI=1S/C16H19ClIN3/c1-3-6-21(9-11-4-5-11)16-13-7-12(17)8-14(18)15(13)19-10(2)20-16/h7-8,11H,3-6,9H2,1-2H3. The van der Waals surface area contributed by atoms with Crippen LogP contribution in [0.3, 0.4) is 0 Å². The second-order valence-corrected chi connectivity index (χ2v) is 7.37. The minimum Gasteiger partial charge on any atom is -0.356 e. The van der Waals surface area contributed by atoms with E-state index in [2.05, 4.69) is 39.4 Å². The van der Waals surface area contributed by atoms with Crippen LogP contribution in [0.25, 0.3) is 10.9 Å². The van der Waals surface area contributed by atoms with Crippen LogP contribution in [-0.4, -0.2) is 23.1 Å². The number of hydrogen-bond acceptors (Lipinski definition) is 3. The van der Waals surface area contributed by atoms with E-state index in [0.717, 1.165) is 56.6 Å². The lowest BCUT2D eigenvalue weighted by molar-refractivity contribution is 0.699. The molecule has 0 N–H and O–H groups in total. The molecule has 1 saturated carbocycles. The van der Waals surface area contributed by atoms with Gasteiger partial charge in [-0.2, -0.15) is 0 Å². The fourth-order valence-corrected chi connectivity index (χ4v) is 3.81. The SMILES string of the molecule is CCCN(CC1CC1)c1nc(C)nc2c(I)cc(Cl)cc12. The Morgan fingerprint density at radius 1 is 1.33 bits per heavy atom. The van der Waals surface area contributed by atoms with E-state index in [1.165, 1.54) is 12.8 Å². The topological polar surface area (TPSA) is 29.0 Å². The number of hydrogen-bond donors (Lipinski definition) is 0. The van der Waals surface area contributed by atoms with E-state index in [0.29, 0.717) is 0 Å². The molecule has 0 amide bonds. The average Bonchev–Trinajstić information content (AvgIpc) is 3.22. The normalized spacial score (nSPS) is 14.7. The van der Waals surface area contributed by atoms with Gasteiger partial charge in [-0.25, -0.2) is 9.97 Å². The second kappa shape index (κ2) is 6.24. The third kappa shape index (κ3) is 3.42. The van der Waals surface area contributed by atoms with Crippen molar-refractivity contribution >= 4 is 50.9 Å². The highest BCUT2D eigenvalue weighted by molar-refractivity contribution is 14.1. The van der Waals surface area contributed by atoms with Gasteiger partial charge in [0.2, 0.25) is 0 Å². The Labute approximate surface area is 144 Å². The highest BCUT2D eigenvalue weighted by Gasteiger charge is 2.26. The largest absolute Gasteiger partial charge is 0.356 e. The number of anilines is 1. The zero-order valence-corrected chi connectivity index (χ0v) is 15.3. The minimum atomic E-state index is 0.753. The lowest BCUT2D eigenvalue weighted by Gasteiger charge is -2.25. The van der Waals surface area contributed by atoms with E-state index >= 15 is 0 Å². The molecule has 5 heteroatoms. The quantitative estimate of drug-likeness (QED) is 0.655. The molecule has 21 heavy (non-hydrogen) atoms. The van der Waals surface area contributed by atoms with Crippen LogP contribution in [0.4, 0.5) is 5.82 Å². The Morgan fingerprint density at radius 2 is 2.10 bits per heavy atom. The van der Waals surface area contributed by atoms with Crippen LogP contribution in [0.5, 0.6) is 0 Å². The minimum absolute atomic E-state index is 0.753. The van der Waals surface area contributed by atoms with Gasteiger partial charge in [0.05, 0.1) is 5.52 Å². The van der Waals surface area contributed by atoms with Crippen molar-refractivity contribution in [3.63, 3.8) is 0 Å². The number of aromatic nitrogens is 2. The number of fused-ring (bicyclic) bond motifs is 1. The molecular formula is C16H19ClIN3. The van der Waals surface area contributed by atoms with Crippen LogP contribution < -0.4 is 4.90 Å². The summed E-state index contributed by atoms with van der Waals surface area (Å²) >= 11 is 8.56. The summed E-state index contributed by atoms with van der Waals surface area (Å²) in [5.74, 6) is 2.71. The lowest BCUT2D eigenvalue weighted by atomic mass is 10.2. The molecule has 0 bridgehead atoms. The first-order valence-electron chi connectivity index (χ1n) is 7.47. The number of rotatable bonds is 5. The smallest absolute Gasteiger partial charge is 0.140 e. The summed E-state index contributed by atoms with van der Waals surface area (Å²) in [7, 11) is 0. The predicted octanol–water partition coefficient (Wildman–Crippen LogP) is 4.82. The molecule has 0 unspecified atom stereocenters. The van der Waals surface area contributed by atoms with Crippen LogP contribution in [-0.2, 0) is 0 Å². The van der Waals surface area contributed by atoms with E-state index in [4.69, 9.17) is 16.6 Å². The number of benzene rings is 1. The molecule has 112 valence electrons.